The Bertz CT molecular complexity index is 2150. The van der Waals surface area contributed by atoms with E-state index in [1.807, 2.05) is 58.3 Å². The van der Waals surface area contributed by atoms with Crippen LogP contribution in [0.4, 0.5) is 49.1 Å². The molecule has 6 aromatic rings. The number of anilines is 4. The number of amides is 2. The third-order valence-corrected chi connectivity index (χ3v) is 9.39. The molecule has 2 N–H and O–H groups in total. The first kappa shape index (κ1) is 37.6. The lowest BCUT2D eigenvalue weighted by molar-refractivity contribution is -0.138. The van der Waals surface area contributed by atoms with Gasteiger partial charge in [-0.1, -0.05) is 48.5 Å². The second-order valence-corrected chi connectivity index (χ2v) is 13.1. The van der Waals surface area contributed by atoms with E-state index in [1.165, 1.54) is 61.2 Å². The smallest absolute Gasteiger partial charge is 0.361 e. The van der Waals surface area contributed by atoms with Crippen LogP contribution in [-0.4, -0.2) is 21.8 Å². The molecule has 0 bridgehead atoms. The molecule has 0 aliphatic carbocycles. The fourth-order valence-corrected chi connectivity index (χ4v) is 6.58. The van der Waals surface area contributed by atoms with Gasteiger partial charge in [-0.05, 0) is 82.9 Å². The van der Waals surface area contributed by atoms with Crippen LogP contribution in [0.25, 0.3) is 0 Å². The minimum absolute atomic E-state index is 0.129. The number of pyridine rings is 2. The van der Waals surface area contributed by atoms with Gasteiger partial charge in [0.25, 0.3) is 11.8 Å². The Balaban J connectivity index is 0.000000172. The lowest BCUT2D eigenvalue weighted by Crippen LogP contribution is -2.20. The van der Waals surface area contributed by atoms with Gasteiger partial charge in [-0.2, -0.15) is 26.3 Å². The number of fused-ring (bicyclic) bond motifs is 2. The van der Waals surface area contributed by atoms with Gasteiger partial charge in [0.15, 0.2) is 0 Å². The minimum Gasteiger partial charge on any atom is -0.361 e. The Morgan fingerprint density at radius 2 is 0.804 bits per heavy atom. The molecule has 0 fully saturated rings. The number of hydrogen-bond acceptors (Lipinski definition) is 6. The van der Waals surface area contributed by atoms with Gasteiger partial charge in [-0.15, -0.1) is 0 Å². The quantitative estimate of drug-likeness (QED) is 0.164. The number of rotatable bonds is 6. The maximum atomic E-state index is 13.2. The van der Waals surface area contributed by atoms with E-state index in [4.69, 9.17) is 0 Å². The van der Waals surface area contributed by atoms with E-state index in [9.17, 15) is 35.9 Å². The van der Waals surface area contributed by atoms with Crippen LogP contribution in [-0.2, 0) is 38.5 Å². The number of carbonyl (C=O) groups is 2. The molecule has 8 nitrogen and oxygen atoms in total. The van der Waals surface area contributed by atoms with Gasteiger partial charge in [-0.25, -0.2) is 0 Å². The summed E-state index contributed by atoms with van der Waals surface area (Å²) in [5.41, 5.74) is 4.86. The molecule has 0 saturated heterocycles. The van der Waals surface area contributed by atoms with Crippen molar-refractivity contribution in [2.24, 2.45) is 0 Å². The SMILES string of the molecule is O=C(Nc1cc(C(F)(F)F)ccc1N1Cc2ccccc2C1)c1ccncc1.O=C(Nc1cc(C(F)(F)F)ccc1N1Cc2ccccc2C1)c1ccncc1. The molecular formula is C42H32F6N6O2. The van der Waals surface area contributed by atoms with Crippen molar-refractivity contribution in [2.45, 2.75) is 38.5 Å². The summed E-state index contributed by atoms with van der Waals surface area (Å²) in [4.78, 5) is 36.6. The zero-order valence-electron chi connectivity index (χ0n) is 29.4. The van der Waals surface area contributed by atoms with Gasteiger partial charge in [0.1, 0.15) is 0 Å². The van der Waals surface area contributed by atoms with Crippen molar-refractivity contribution in [1.29, 1.82) is 0 Å². The average molecular weight is 767 g/mol. The van der Waals surface area contributed by atoms with Crippen LogP contribution in [0, 0.1) is 0 Å². The van der Waals surface area contributed by atoms with Crippen molar-refractivity contribution in [1.82, 2.24) is 9.97 Å². The first-order valence-corrected chi connectivity index (χ1v) is 17.3. The van der Waals surface area contributed by atoms with Crippen LogP contribution in [0.15, 0.2) is 134 Å². The maximum absolute atomic E-state index is 13.2. The number of alkyl halides is 6. The molecule has 0 saturated carbocycles. The molecule has 14 heteroatoms. The van der Waals surface area contributed by atoms with E-state index in [1.54, 1.807) is 0 Å². The minimum atomic E-state index is -4.50. The van der Waals surface area contributed by atoms with Crippen LogP contribution in [0.2, 0.25) is 0 Å². The molecule has 0 atom stereocenters. The summed E-state index contributed by atoms with van der Waals surface area (Å²) in [5, 5.41) is 5.27. The third kappa shape index (κ3) is 8.49. The standard InChI is InChI=1S/2C21H16F3N3O/c2*22-21(23,24)17-5-6-19(27-12-15-3-1-2-4-16(15)13-27)18(11-17)26-20(28)14-7-9-25-10-8-14/h2*1-11H,12-13H2,(H,26,28). The van der Waals surface area contributed by atoms with E-state index in [0.29, 0.717) is 48.7 Å². The predicted octanol–water partition coefficient (Wildman–Crippen LogP) is 9.75. The van der Waals surface area contributed by atoms with Crippen molar-refractivity contribution in [3.05, 3.63) is 178 Å². The highest BCUT2D eigenvalue weighted by Crippen LogP contribution is 2.40. The van der Waals surface area contributed by atoms with Gasteiger partial charge < -0.3 is 20.4 Å². The van der Waals surface area contributed by atoms with Gasteiger partial charge in [0.05, 0.1) is 33.9 Å². The molecule has 2 amide bonds. The lowest BCUT2D eigenvalue weighted by atomic mass is 10.1. The van der Waals surface area contributed by atoms with Crippen LogP contribution < -0.4 is 20.4 Å². The molecule has 0 unspecified atom stereocenters. The predicted molar refractivity (Wildman–Crippen MR) is 200 cm³/mol. The van der Waals surface area contributed by atoms with E-state index in [2.05, 4.69) is 20.6 Å². The van der Waals surface area contributed by atoms with E-state index >= 15 is 0 Å². The van der Waals surface area contributed by atoms with Crippen LogP contribution in [0.5, 0.6) is 0 Å². The summed E-state index contributed by atoms with van der Waals surface area (Å²) >= 11 is 0. The number of aromatic nitrogens is 2. The number of hydrogen-bond donors (Lipinski definition) is 2. The summed E-state index contributed by atoms with van der Waals surface area (Å²) in [6.07, 6.45) is -3.17. The molecule has 0 radical (unpaired) electrons. The van der Waals surface area contributed by atoms with Crippen molar-refractivity contribution >= 4 is 34.6 Å². The zero-order valence-corrected chi connectivity index (χ0v) is 29.4. The van der Waals surface area contributed by atoms with Crippen molar-refractivity contribution in [3.8, 4) is 0 Å². The molecule has 56 heavy (non-hydrogen) atoms. The Labute approximate surface area is 317 Å². The summed E-state index contributed by atoms with van der Waals surface area (Å²) in [5.74, 6) is -0.973. The first-order chi connectivity index (χ1) is 26.8. The molecule has 8 rings (SSSR count). The van der Waals surface area contributed by atoms with Gasteiger partial charge in [-0.3, -0.25) is 19.6 Å². The summed E-state index contributed by atoms with van der Waals surface area (Å²) in [7, 11) is 0. The zero-order chi connectivity index (χ0) is 39.5. The Morgan fingerprint density at radius 3 is 1.11 bits per heavy atom. The molecule has 2 aliphatic rings. The van der Waals surface area contributed by atoms with E-state index < -0.39 is 35.3 Å². The number of halogens is 6. The second kappa shape index (κ2) is 15.6. The Kier molecular flexibility index (Phi) is 10.5. The molecule has 0 spiro atoms. The Morgan fingerprint density at radius 1 is 0.482 bits per heavy atom. The first-order valence-electron chi connectivity index (χ1n) is 17.3. The topological polar surface area (TPSA) is 90.5 Å². The fraction of sp³-hybridized carbons (Fsp3) is 0.143. The Hall–Kier alpha value is -6.70. The number of carbonyl (C=O) groups excluding carboxylic acids is 2. The van der Waals surface area contributed by atoms with Gasteiger partial charge in [0.2, 0.25) is 0 Å². The molecule has 2 aromatic heterocycles. The van der Waals surface area contributed by atoms with Gasteiger partial charge >= 0.3 is 12.4 Å². The van der Waals surface area contributed by atoms with Crippen LogP contribution >= 0.6 is 0 Å². The molecule has 4 aromatic carbocycles. The molecule has 4 heterocycles. The second-order valence-electron chi connectivity index (χ2n) is 13.1. The average Bonchev–Trinajstić information content (AvgIpc) is 3.83. The van der Waals surface area contributed by atoms with E-state index in [0.717, 1.165) is 46.5 Å². The number of nitrogens with one attached hydrogen (secondary N) is 2. The van der Waals surface area contributed by atoms with E-state index in [-0.39, 0.29) is 11.4 Å². The number of benzene rings is 4. The molecule has 2 aliphatic heterocycles. The van der Waals surface area contributed by atoms with Crippen molar-refractivity contribution in [2.75, 3.05) is 20.4 Å². The van der Waals surface area contributed by atoms with Gasteiger partial charge in [0, 0.05) is 62.1 Å². The summed E-state index contributed by atoms with van der Waals surface area (Å²) in [6.45, 7) is 2.28. The highest BCUT2D eigenvalue weighted by molar-refractivity contribution is 6.06. The molecule has 284 valence electrons. The van der Waals surface area contributed by atoms with Crippen LogP contribution in [0.3, 0.4) is 0 Å². The number of nitrogens with zero attached hydrogens (tertiary/aromatic N) is 4. The molecular weight excluding hydrogens is 734 g/mol. The summed E-state index contributed by atoms with van der Waals surface area (Å²) in [6, 6.07) is 28.6. The third-order valence-electron chi connectivity index (χ3n) is 9.39. The largest absolute Gasteiger partial charge is 0.416 e. The normalized spacial score (nSPS) is 13.3. The van der Waals surface area contributed by atoms with Crippen molar-refractivity contribution < 1.29 is 35.9 Å². The fourth-order valence-electron chi connectivity index (χ4n) is 6.58. The highest BCUT2D eigenvalue weighted by Gasteiger charge is 2.34. The van der Waals surface area contributed by atoms with Crippen molar-refractivity contribution in [3.63, 3.8) is 0 Å². The van der Waals surface area contributed by atoms with Crippen LogP contribution in [0.1, 0.15) is 54.1 Å². The summed E-state index contributed by atoms with van der Waals surface area (Å²) < 4.78 is 79.3. The lowest BCUT2D eigenvalue weighted by Gasteiger charge is -2.23. The monoisotopic (exact) mass is 766 g/mol. The highest BCUT2D eigenvalue weighted by atomic mass is 19.4. The maximum Gasteiger partial charge on any atom is 0.416 e.